The normalized spacial score (nSPS) is 12.1. The number of aryl methyl sites for hydroxylation is 1. The van der Waals surface area contributed by atoms with Crippen molar-refractivity contribution in [2.75, 3.05) is 5.32 Å². The van der Waals surface area contributed by atoms with Crippen LogP contribution in [0.2, 0.25) is 5.02 Å². The highest BCUT2D eigenvalue weighted by Gasteiger charge is 2.14. The third kappa shape index (κ3) is 4.33. The molecule has 7 heteroatoms. The van der Waals surface area contributed by atoms with Crippen LogP contribution in [0.5, 0.6) is 5.75 Å². The lowest BCUT2D eigenvalue weighted by molar-refractivity contribution is -0.113. The summed E-state index contributed by atoms with van der Waals surface area (Å²) in [5.74, 6) is -1.05. The van der Waals surface area contributed by atoms with Crippen LogP contribution in [0, 0.1) is 6.92 Å². The Morgan fingerprint density at radius 3 is 2.50 bits per heavy atom. The molecule has 0 saturated heterocycles. The first-order valence-corrected chi connectivity index (χ1v) is 7.43. The number of aliphatic hydroxyl groups is 1. The van der Waals surface area contributed by atoms with Gasteiger partial charge >= 0.3 is 0 Å². The number of benzene rings is 2. The average molecular weight is 346 g/mol. The van der Waals surface area contributed by atoms with Crippen molar-refractivity contribution >= 4 is 28.9 Å². The number of para-hydroxylation sites is 1. The lowest BCUT2D eigenvalue weighted by Gasteiger charge is -2.06. The number of nitrogens with zero attached hydrogens (tertiary/aromatic N) is 2. The second-order valence-electron chi connectivity index (χ2n) is 5.04. The Morgan fingerprint density at radius 1 is 1.21 bits per heavy atom. The molecule has 1 amide bonds. The lowest BCUT2D eigenvalue weighted by atomic mass is 10.2. The summed E-state index contributed by atoms with van der Waals surface area (Å²) in [7, 11) is 0. The van der Waals surface area contributed by atoms with E-state index < -0.39 is 5.91 Å². The van der Waals surface area contributed by atoms with Gasteiger partial charge in [0.1, 0.15) is 17.2 Å². The van der Waals surface area contributed by atoms with Crippen LogP contribution >= 0.6 is 11.6 Å². The second-order valence-corrected chi connectivity index (χ2v) is 5.45. The van der Waals surface area contributed by atoms with Gasteiger partial charge in [-0.3, -0.25) is 4.79 Å². The summed E-state index contributed by atoms with van der Waals surface area (Å²) in [4.78, 5) is 12.2. The molecule has 0 aliphatic carbocycles. The predicted molar refractivity (Wildman–Crippen MR) is 92.8 cm³/mol. The number of phenolic OH excluding ortho intramolecular Hbond substituents is 1. The zero-order chi connectivity index (χ0) is 17.7. The third-order valence-corrected chi connectivity index (χ3v) is 3.51. The maximum Gasteiger partial charge on any atom is 0.279 e. The van der Waals surface area contributed by atoms with Gasteiger partial charge in [0.25, 0.3) is 5.91 Å². The van der Waals surface area contributed by atoms with E-state index in [1.165, 1.54) is 19.1 Å². The first-order chi connectivity index (χ1) is 11.4. The molecule has 0 unspecified atom stereocenters. The van der Waals surface area contributed by atoms with Crippen molar-refractivity contribution in [1.82, 2.24) is 0 Å². The van der Waals surface area contributed by atoms with Crippen LogP contribution in [0.25, 0.3) is 0 Å². The molecule has 2 aromatic rings. The van der Waals surface area contributed by atoms with E-state index in [2.05, 4.69) is 15.5 Å². The number of hydrogen-bond acceptors (Lipinski definition) is 5. The SMILES string of the molecule is C/C(O)=C(/N=Nc1cc(Cl)c(C)cc1O)C(=O)Nc1ccccc1. The molecule has 0 fully saturated rings. The number of aliphatic hydroxyl groups excluding tert-OH is 1. The molecule has 0 spiro atoms. The molecule has 124 valence electrons. The molecule has 3 N–H and O–H groups in total. The number of carbonyl (C=O) groups excluding carboxylic acids is 1. The quantitative estimate of drug-likeness (QED) is 0.419. The number of anilines is 1. The summed E-state index contributed by atoms with van der Waals surface area (Å²) < 4.78 is 0. The van der Waals surface area contributed by atoms with Gasteiger partial charge in [0.05, 0.1) is 0 Å². The summed E-state index contributed by atoms with van der Waals surface area (Å²) in [6, 6.07) is 11.6. The fraction of sp³-hybridized carbons (Fsp3) is 0.118. The predicted octanol–water partition coefficient (Wildman–Crippen LogP) is 4.87. The minimum atomic E-state index is -0.623. The standard InChI is InChI=1S/C17H16ClN3O3/c1-10-8-15(23)14(9-13(10)18)20-21-16(11(2)22)17(24)19-12-6-4-3-5-7-12/h3-9,22-23H,1-2H3,(H,19,24)/b16-11-,21-20?. The van der Waals surface area contributed by atoms with Crippen molar-refractivity contribution in [1.29, 1.82) is 0 Å². The number of azo groups is 1. The molecule has 0 radical (unpaired) electrons. The van der Waals surface area contributed by atoms with Crippen LogP contribution < -0.4 is 5.32 Å². The van der Waals surface area contributed by atoms with E-state index in [4.69, 9.17) is 11.6 Å². The summed E-state index contributed by atoms with van der Waals surface area (Å²) in [6.07, 6.45) is 0. The van der Waals surface area contributed by atoms with Gasteiger partial charge in [-0.2, -0.15) is 0 Å². The molecule has 0 heterocycles. The number of aromatic hydroxyl groups is 1. The second kappa shape index (κ2) is 7.61. The first-order valence-electron chi connectivity index (χ1n) is 7.05. The molecule has 6 nitrogen and oxygen atoms in total. The number of halogens is 1. The van der Waals surface area contributed by atoms with Gasteiger partial charge in [-0.15, -0.1) is 10.2 Å². The van der Waals surface area contributed by atoms with Gasteiger partial charge in [0.15, 0.2) is 5.70 Å². The number of nitrogens with one attached hydrogen (secondary N) is 1. The van der Waals surface area contributed by atoms with Crippen molar-refractivity contribution in [3.63, 3.8) is 0 Å². The Morgan fingerprint density at radius 2 is 1.88 bits per heavy atom. The van der Waals surface area contributed by atoms with Crippen LogP contribution in [0.4, 0.5) is 11.4 Å². The van der Waals surface area contributed by atoms with Crippen molar-refractivity contribution < 1.29 is 15.0 Å². The number of rotatable bonds is 4. The fourth-order valence-corrected chi connectivity index (χ4v) is 1.99. The minimum Gasteiger partial charge on any atom is -0.510 e. The highest BCUT2D eigenvalue weighted by atomic mass is 35.5. The molecule has 0 saturated carbocycles. The van der Waals surface area contributed by atoms with E-state index in [9.17, 15) is 15.0 Å². The van der Waals surface area contributed by atoms with E-state index in [0.29, 0.717) is 16.3 Å². The van der Waals surface area contributed by atoms with Crippen LogP contribution in [-0.2, 0) is 4.79 Å². The topological polar surface area (TPSA) is 94.3 Å². The lowest BCUT2D eigenvalue weighted by Crippen LogP contribution is -2.14. The zero-order valence-corrected chi connectivity index (χ0v) is 13.9. The molecule has 0 aliphatic rings. The summed E-state index contributed by atoms with van der Waals surface area (Å²) >= 11 is 5.98. The van der Waals surface area contributed by atoms with Crippen LogP contribution in [-0.4, -0.2) is 16.1 Å². The number of carbonyl (C=O) groups is 1. The van der Waals surface area contributed by atoms with Gasteiger partial charge in [0, 0.05) is 10.7 Å². The maximum absolute atomic E-state index is 12.2. The Labute approximate surface area is 144 Å². The van der Waals surface area contributed by atoms with Crippen molar-refractivity contribution in [2.24, 2.45) is 10.2 Å². The average Bonchev–Trinajstić information content (AvgIpc) is 2.53. The van der Waals surface area contributed by atoms with E-state index >= 15 is 0 Å². The molecule has 0 aliphatic heterocycles. The first kappa shape index (κ1) is 17.5. The Balaban J connectivity index is 2.25. The summed E-state index contributed by atoms with van der Waals surface area (Å²) in [5.41, 5.74) is 1.06. The monoisotopic (exact) mass is 345 g/mol. The molecule has 2 aromatic carbocycles. The Bertz CT molecular complexity index is 813. The molecule has 2 rings (SSSR count). The van der Waals surface area contributed by atoms with Crippen molar-refractivity contribution in [3.8, 4) is 5.75 Å². The molecule has 0 aromatic heterocycles. The molecule has 0 bridgehead atoms. The van der Waals surface area contributed by atoms with E-state index in [0.717, 1.165) is 0 Å². The highest BCUT2D eigenvalue weighted by molar-refractivity contribution is 6.31. The number of amides is 1. The summed E-state index contributed by atoms with van der Waals surface area (Å²) in [5, 5.41) is 30.1. The van der Waals surface area contributed by atoms with Gasteiger partial charge in [-0.25, -0.2) is 0 Å². The molecular weight excluding hydrogens is 330 g/mol. The van der Waals surface area contributed by atoms with E-state index in [1.807, 2.05) is 6.07 Å². The number of phenols is 1. The minimum absolute atomic E-state index is 0.0943. The summed E-state index contributed by atoms with van der Waals surface area (Å²) in [6.45, 7) is 3.06. The molecule has 24 heavy (non-hydrogen) atoms. The van der Waals surface area contributed by atoms with Crippen LogP contribution in [0.1, 0.15) is 12.5 Å². The largest absolute Gasteiger partial charge is 0.510 e. The van der Waals surface area contributed by atoms with Gasteiger partial charge in [0.2, 0.25) is 0 Å². The smallest absolute Gasteiger partial charge is 0.279 e. The van der Waals surface area contributed by atoms with Crippen LogP contribution in [0.3, 0.4) is 0 Å². The number of allylic oxidation sites excluding steroid dienone is 1. The molecule has 0 atom stereocenters. The Hall–Kier alpha value is -2.86. The van der Waals surface area contributed by atoms with E-state index in [1.54, 1.807) is 31.2 Å². The highest BCUT2D eigenvalue weighted by Crippen LogP contribution is 2.32. The van der Waals surface area contributed by atoms with Crippen LogP contribution in [0.15, 0.2) is 64.1 Å². The third-order valence-electron chi connectivity index (χ3n) is 3.10. The van der Waals surface area contributed by atoms with Gasteiger partial charge in [-0.05, 0) is 43.7 Å². The van der Waals surface area contributed by atoms with Gasteiger partial charge in [-0.1, -0.05) is 29.8 Å². The van der Waals surface area contributed by atoms with Crippen molar-refractivity contribution in [3.05, 3.63) is 64.5 Å². The van der Waals surface area contributed by atoms with E-state index in [-0.39, 0.29) is 22.9 Å². The fourth-order valence-electron chi connectivity index (χ4n) is 1.83. The number of hydrogen-bond donors (Lipinski definition) is 3. The Kier molecular flexibility index (Phi) is 5.55. The molecular formula is C17H16ClN3O3. The zero-order valence-electron chi connectivity index (χ0n) is 13.1. The van der Waals surface area contributed by atoms with Crippen molar-refractivity contribution in [2.45, 2.75) is 13.8 Å². The van der Waals surface area contributed by atoms with Gasteiger partial charge < -0.3 is 15.5 Å². The maximum atomic E-state index is 12.2.